The van der Waals surface area contributed by atoms with Gasteiger partial charge in [0.2, 0.25) is 0 Å². The highest BCUT2D eigenvalue weighted by atomic mass is 15.1. The average molecular weight is 518 g/mol. The number of hydrogen-bond acceptors (Lipinski definition) is 0. The summed E-state index contributed by atoms with van der Waals surface area (Å²) in [5.74, 6) is 2.24. The summed E-state index contributed by atoms with van der Waals surface area (Å²) in [7, 11) is 0. The van der Waals surface area contributed by atoms with Gasteiger partial charge in [-0.25, -0.2) is 9.55 Å². The lowest BCUT2D eigenvalue weighted by Gasteiger charge is -2.17. The van der Waals surface area contributed by atoms with E-state index in [9.17, 15) is 0 Å². The fraction of sp³-hybridized carbons (Fsp3) is 0.914. The van der Waals surface area contributed by atoms with Crippen LogP contribution in [0.2, 0.25) is 0 Å². The minimum absolute atomic E-state index is 0.622. The maximum atomic E-state index is 3.71. The first-order chi connectivity index (χ1) is 18.2. The molecule has 0 radical (unpaired) electrons. The second-order valence-corrected chi connectivity index (χ2v) is 12.2. The van der Waals surface area contributed by atoms with Crippen molar-refractivity contribution in [3.63, 3.8) is 0 Å². The molecule has 0 saturated carbocycles. The zero-order valence-electron chi connectivity index (χ0n) is 26.1. The number of nitrogens with zero attached hydrogens (tertiary/aromatic N) is 1. The smallest absolute Gasteiger partial charge is 0.247 e. The molecule has 0 amide bonds. The maximum absolute atomic E-state index is 3.71. The molecule has 0 aliphatic rings. The quantitative estimate of drug-likeness (QED) is 0.0842. The van der Waals surface area contributed by atoms with Crippen molar-refractivity contribution < 1.29 is 4.57 Å². The van der Waals surface area contributed by atoms with Crippen molar-refractivity contribution in [3.05, 3.63) is 18.2 Å². The van der Waals surface area contributed by atoms with Crippen LogP contribution in [0, 0.1) is 0 Å². The van der Waals surface area contributed by atoms with Crippen molar-refractivity contribution in [1.29, 1.82) is 0 Å². The van der Waals surface area contributed by atoms with Gasteiger partial charge in [0, 0.05) is 0 Å². The third kappa shape index (κ3) is 18.2. The molecule has 2 heteroatoms. The number of hydrogen-bond donors (Lipinski definition) is 1. The Morgan fingerprint density at radius 2 is 0.865 bits per heavy atom. The number of nitrogens with one attached hydrogen (secondary N) is 1. The minimum Gasteiger partial charge on any atom is -0.247 e. The average Bonchev–Trinajstić information content (AvgIpc) is 3.40. The molecule has 37 heavy (non-hydrogen) atoms. The summed E-state index contributed by atoms with van der Waals surface area (Å²) >= 11 is 0. The van der Waals surface area contributed by atoms with Crippen molar-refractivity contribution in [2.24, 2.45) is 0 Å². The SMILES string of the molecule is CCCCCCCCCCCCCCC(CCCCCCC)c1[nH]cc[n+]1C(C)CCCCCCCC. The topological polar surface area (TPSA) is 19.7 Å². The van der Waals surface area contributed by atoms with Gasteiger partial charge in [0.05, 0.1) is 12.0 Å². The molecule has 0 fully saturated rings. The lowest BCUT2D eigenvalue weighted by atomic mass is 9.93. The van der Waals surface area contributed by atoms with E-state index >= 15 is 0 Å². The van der Waals surface area contributed by atoms with Gasteiger partial charge in [-0.15, -0.1) is 0 Å². The molecular formula is C35H69N2+. The van der Waals surface area contributed by atoms with Crippen molar-refractivity contribution >= 4 is 0 Å². The van der Waals surface area contributed by atoms with Crippen LogP contribution >= 0.6 is 0 Å². The van der Waals surface area contributed by atoms with E-state index in [1.54, 1.807) is 0 Å². The number of aromatic nitrogens is 2. The van der Waals surface area contributed by atoms with Gasteiger partial charge in [-0.1, -0.05) is 162 Å². The van der Waals surface area contributed by atoms with Crippen LogP contribution in [0.1, 0.15) is 212 Å². The van der Waals surface area contributed by atoms with E-state index in [1.165, 1.54) is 173 Å². The van der Waals surface area contributed by atoms with Crippen molar-refractivity contribution in [2.75, 3.05) is 0 Å². The first-order valence-electron chi connectivity index (χ1n) is 17.3. The molecule has 2 nitrogen and oxygen atoms in total. The molecule has 1 N–H and O–H groups in total. The van der Waals surface area contributed by atoms with Gasteiger partial charge in [-0.3, -0.25) is 0 Å². The molecule has 2 unspecified atom stereocenters. The van der Waals surface area contributed by atoms with Crippen LogP contribution in [0.25, 0.3) is 0 Å². The third-order valence-corrected chi connectivity index (χ3v) is 8.64. The van der Waals surface area contributed by atoms with E-state index in [1.807, 2.05) is 0 Å². The summed E-state index contributed by atoms with van der Waals surface area (Å²) in [6, 6.07) is 0.622. The van der Waals surface area contributed by atoms with Gasteiger partial charge in [0.15, 0.2) is 0 Å². The summed E-state index contributed by atoms with van der Waals surface area (Å²) in [5, 5.41) is 0. The summed E-state index contributed by atoms with van der Waals surface area (Å²) in [4.78, 5) is 3.71. The summed E-state index contributed by atoms with van der Waals surface area (Å²) in [6.45, 7) is 9.39. The molecule has 0 spiro atoms. The van der Waals surface area contributed by atoms with Crippen LogP contribution in [-0.2, 0) is 0 Å². The van der Waals surface area contributed by atoms with Crippen molar-refractivity contribution in [3.8, 4) is 0 Å². The number of unbranched alkanes of at least 4 members (excludes halogenated alkanes) is 20. The lowest BCUT2D eigenvalue weighted by molar-refractivity contribution is -0.727. The van der Waals surface area contributed by atoms with E-state index in [-0.39, 0.29) is 0 Å². The fourth-order valence-corrected chi connectivity index (χ4v) is 6.07. The zero-order valence-corrected chi connectivity index (χ0v) is 26.1. The van der Waals surface area contributed by atoms with Crippen LogP contribution in [-0.4, -0.2) is 4.98 Å². The number of imidazole rings is 1. The van der Waals surface area contributed by atoms with Gasteiger partial charge < -0.3 is 0 Å². The Kier molecular flexibility index (Phi) is 23.6. The number of H-pyrrole nitrogens is 1. The highest BCUT2D eigenvalue weighted by Gasteiger charge is 2.25. The highest BCUT2D eigenvalue weighted by molar-refractivity contribution is 4.90. The van der Waals surface area contributed by atoms with E-state index in [0.29, 0.717) is 12.0 Å². The molecule has 1 rings (SSSR count). The largest absolute Gasteiger partial charge is 0.257 e. The Balaban J connectivity index is 2.40. The van der Waals surface area contributed by atoms with E-state index in [2.05, 4.69) is 49.6 Å². The summed E-state index contributed by atoms with van der Waals surface area (Å²) in [6.07, 6.45) is 41.3. The first-order valence-corrected chi connectivity index (χ1v) is 17.3. The molecule has 1 aromatic heterocycles. The molecule has 0 aromatic carbocycles. The van der Waals surface area contributed by atoms with Crippen LogP contribution < -0.4 is 4.57 Å². The Morgan fingerprint density at radius 3 is 1.27 bits per heavy atom. The molecule has 0 aliphatic carbocycles. The van der Waals surface area contributed by atoms with Crippen LogP contribution in [0.5, 0.6) is 0 Å². The van der Waals surface area contributed by atoms with Crippen LogP contribution in [0.15, 0.2) is 12.4 Å². The normalized spacial score (nSPS) is 13.3. The molecule has 2 atom stereocenters. The highest BCUT2D eigenvalue weighted by Crippen LogP contribution is 2.27. The Labute approximate surface area is 234 Å². The van der Waals surface area contributed by atoms with Crippen LogP contribution in [0.3, 0.4) is 0 Å². The molecule has 218 valence electrons. The van der Waals surface area contributed by atoms with E-state index in [4.69, 9.17) is 0 Å². The summed E-state index contributed by atoms with van der Waals surface area (Å²) in [5.41, 5.74) is 0. The predicted molar refractivity (Wildman–Crippen MR) is 166 cm³/mol. The number of rotatable bonds is 28. The monoisotopic (exact) mass is 518 g/mol. The molecule has 0 saturated heterocycles. The van der Waals surface area contributed by atoms with Gasteiger partial charge >= 0.3 is 0 Å². The standard InChI is InChI=1S/C35H68N2/c1-5-8-11-14-16-17-18-19-20-21-24-27-30-34(29-26-22-13-10-7-3)35-36-31-32-37(35)33(4)28-25-23-15-12-9-6-2/h31-34H,5-30H2,1-4H3/p+1. The molecule has 1 aromatic rings. The fourth-order valence-electron chi connectivity index (χ4n) is 6.07. The molecular weight excluding hydrogens is 448 g/mol. The summed E-state index contributed by atoms with van der Waals surface area (Å²) < 4.78 is 2.61. The predicted octanol–water partition coefficient (Wildman–Crippen LogP) is 12.1. The first kappa shape index (κ1) is 34.2. The molecule has 1 heterocycles. The second-order valence-electron chi connectivity index (χ2n) is 12.2. The van der Waals surface area contributed by atoms with Gasteiger partial charge in [-0.2, -0.15) is 0 Å². The Bertz CT molecular complexity index is 578. The van der Waals surface area contributed by atoms with E-state index in [0.717, 1.165) is 0 Å². The van der Waals surface area contributed by atoms with E-state index < -0.39 is 0 Å². The Hall–Kier alpha value is -0.790. The third-order valence-electron chi connectivity index (χ3n) is 8.64. The second kappa shape index (κ2) is 25.5. The van der Waals surface area contributed by atoms with Gasteiger partial charge in [-0.05, 0) is 32.6 Å². The lowest BCUT2D eigenvalue weighted by Crippen LogP contribution is -2.41. The van der Waals surface area contributed by atoms with Gasteiger partial charge in [0.1, 0.15) is 12.4 Å². The zero-order chi connectivity index (χ0) is 26.8. The molecule has 0 bridgehead atoms. The van der Waals surface area contributed by atoms with Crippen molar-refractivity contribution in [1.82, 2.24) is 4.98 Å². The van der Waals surface area contributed by atoms with Crippen molar-refractivity contribution in [2.45, 2.75) is 207 Å². The minimum atomic E-state index is 0.622. The maximum Gasteiger partial charge on any atom is 0.257 e. The Morgan fingerprint density at radius 1 is 0.514 bits per heavy atom. The van der Waals surface area contributed by atoms with Gasteiger partial charge in [0.25, 0.3) is 5.82 Å². The van der Waals surface area contributed by atoms with Crippen LogP contribution in [0.4, 0.5) is 0 Å². The molecule has 0 aliphatic heterocycles. The number of aromatic amines is 1.